The minimum Gasteiger partial charge on any atom is -0.481 e. The summed E-state index contributed by atoms with van der Waals surface area (Å²) in [6.45, 7) is 14.4. The largest absolute Gasteiger partial charge is 0.481 e. The lowest BCUT2D eigenvalue weighted by Crippen LogP contribution is -2.49. The standard InChI is InChI=1S/C18H35NO2/c1-17(2,3)14-8-7-9-15(11-10-14)19(18(4,5)6)13-12-16(20)21/h14-15H,7-13H2,1-6H3,(H,20,21). The van der Waals surface area contributed by atoms with Gasteiger partial charge < -0.3 is 5.11 Å². The lowest BCUT2D eigenvalue weighted by molar-refractivity contribution is -0.137. The Hall–Kier alpha value is -0.570. The van der Waals surface area contributed by atoms with Crippen LogP contribution in [0.25, 0.3) is 0 Å². The third-order valence-electron chi connectivity index (χ3n) is 5.03. The maximum Gasteiger partial charge on any atom is 0.304 e. The molecule has 1 rings (SSSR count). The summed E-state index contributed by atoms with van der Waals surface area (Å²) in [6.07, 6.45) is 6.52. The first kappa shape index (κ1) is 18.5. The summed E-state index contributed by atoms with van der Waals surface area (Å²) in [5, 5.41) is 9.00. The molecular formula is C18H35NO2. The SMILES string of the molecule is CC(C)(C)C1CCCC(N(CCC(=O)O)C(C)(C)C)CC1. The number of rotatable bonds is 4. The first-order valence-corrected chi connectivity index (χ1v) is 8.50. The molecule has 1 aliphatic carbocycles. The fourth-order valence-electron chi connectivity index (χ4n) is 3.74. The predicted molar refractivity (Wildman–Crippen MR) is 88.5 cm³/mol. The molecule has 0 aromatic carbocycles. The Balaban J connectivity index is 2.73. The molecular weight excluding hydrogens is 262 g/mol. The molecule has 0 amide bonds. The third kappa shape index (κ3) is 5.98. The molecule has 0 spiro atoms. The Labute approximate surface area is 131 Å². The molecule has 21 heavy (non-hydrogen) atoms. The number of hydrogen-bond donors (Lipinski definition) is 1. The van der Waals surface area contributed by atoms with Crippen LogP contribution in [-0.2, 0) is 4.79 Å². The van der Waals surface area contributed by atoms with E-state index in [0.717, 1.165) is 5.92 Å². The van der Waals surface area contributed by atoms with Crippen molar-refractivity contribution in [1.82, 2.24) is 4.90 Å². The van der Waals surface area contributed by atoms with Crippen LogP contribution in [0.5, 0.6) is 0 Å². The van der Waals surface area contributed by atoms with Crippen molar-refractivity contribution >= 4 is 5.97 Å². The zero-order chi connectivity index (χ0) is 16.3. The Kier molecular flexibility index (Phi) is 6.27. The molecule has 0 aliphatic heterocycles. The van der Waals surface area contributed by atoms with Gasteiger partial charge in [0.2, 0.25) is 0 Å². The second-order valence-electron chi connectivity index (χ2n) is 8.73. The average molecular weight is 297 g/mol. The molecule has 2 atom stereocenters. The first-order valence-electron chi connectivity index (χ1n) is 8.50. The van der Waals surface area contributed by atoms with Gasteiger partial charge in [-0.25, -0.2) is 0 Å². The number of carbonyl (C=O) groups is 1. The van der Waals surface area contributed by atoms with E-state index in [0.29, 0.717) is 18.0 Å². The monoisotopic (exact) mass is 297 g/mol. The molecule has 1 saturated carbocycles. The van der Waals surface area contributed by atoms with Gasteiger partial charge in [0.05, 0.1) is 6.42 Å². The van der Waals surface area contributed by atoms with Gasteiger partial charge in [0, 0.05) is 18.1 Å². The van der Waals surface area contributed by atoms with Gasteiger partial charge in [-0.05, 0) is 57.8 Å². The van der Waals surface area contributed by atoms with E-state index >= 15 is 0 Å². The molecule has 0 aromatic heterocycles. The van der Waals surface area contributed by atoms with Crippen LogP contribution in [0.3, 0.4) is 0 Å². The van der Waals surface area contributed by atoms with Gasteiger partial charge in [-0.1, -0.05) is 27.2 Å². The number of carboxylic acids is 1. The molecule has 0 heterocycles. The lowest BCUT2D eigenvalue weighted by atomic mass is 9.76. The average Bonchev–Trinajstić information content (AvgIpc) is 2.52. The van der Waals surface area contributed by atoms with Crippen molar-refractivity contribution in [3.8, 4) is 0 Å². The van der Waals surface area contributed by atoms with Gasteiger partial charge in [0.15, 0.2) is 0 Å². The summed E-state index contributed by atoms with van der Waals surface area (Å²) in [5.74, 6) is 0.106. The van der Waals surface area contributed by atoms with Crippen molar-refractivity contribution in [1.29, 1.82) is 0 Å². The summed E-state index contributed by atoms with van der Waals surface area (Å²) < 4.78 is 0. The highest BCUT2D eigenvalue weighted by Crippen LogP contribution is 2.38. The highest BCUT2D eigenvalue weighted by atomic mass is 16.4. The maximum atomic E-state index is 10.9. The van der Waals surface area contributed by atoms with Crippen LogP contribution in [0.1, 0.15) is 80.1 Å². The molecule has 0 aromatic rings. The Morgan fingerprint density at radius 1 is 1.05 bits per heavy atom. The molecule has 0 bridgehead atoms. The van der Waals surface area contributed by atoms with Crippen LogP contribution in [-0.4, -0.2) is 34.1 Å². The van der Waals surface area contributed by atoms with Crippen LogP contribution in [0, 0.1) is 11.3 Å². The number of carboxylic acid groups (broad SMARTS) is 1. The van der Waals surface area contributed by atoms with E-state index in [9.17, 15) is 4.79 Å². The Bertz CT molecular complexity index is 338. The minimum absolute atomic E-state index is 0.0433. The zero-order valence-electron chi connectivity index (χ0n) is 14.9. The molecule has 0 radical (unpaired) electrons. The zero-order valence-corrected chi connectivity index (χ0v) is 14.9. The van der Waals surface area contributed by atoms with E-state index < -0.39 is 5.97 Å². The summed E-state index contributed by atoms with van der Waals surface area (Å²) in [5.41, 5.74) is 0.435. The van der Waals surface area contributed by atoms with E-state index in [4.69, 9.17) is 5.11 Å². The number of nitrogens with zero attached hydrogens (tertiary/aromatic N) is 1. The van der Waals surface area contributed by atoms with Gasteiger partial charge >= 0.3 is 5.97 Å². The highest BCUT2D eigenvalue weighted by molar-refractivity contribution is 5.66. The fourth-order valence-corrected chi connectivity index (χ4v) is 3.74. The topological polar surface area (TPSA) is 40.5 Å². The quantitative estimate of drug-likeness (QED) is 0.773. The number of hydrogen-bond acceptors (Lipinski definition) is 2. The number of aliphatic carboxylic acids is 1. The second kappa shape index (κ2) is 7.13. The predicted octanol–water partition coefficient (Wildman–Crippen LogP) is 4.56. The molecule has 3 nitrogen and oxygen atoms in total. The van der Waals surface area contributed by atoms with Crippen molar-refractivity contribution in [3.05, 3.63) is 0 Å². The van der Waals surface area contributed by atoms with E-state index in [2.05, 4.69) is 46.4 Å². The van der Waals surface area contributed by atoms with Gasteiger partial charge in [-0.15, -0.1) is 0 Å². The van der Waals surface area contributed by atoms with Crippen molar-refractivity contribution in [2.24, 2.45) is 11.3 Å². The molecule has 0 saturated heterocycles. The molecule has 3 heteroatoms. The van der Waals surface area contributed by atoms with Gasteiger partial charge in [-0.3, -0.25) is 9.69 Å². The van der Waals surface area contributed by atoms with E-state index in [1.165, 1.54) is 32.1 Å². The minimum atomic E-state index is -0.689. The second-order valence-corrected chi connectivity index (χ2v) is 8.73. The van der Waals surface area contributed by atoms with Gasteiger partial charge in [0.1, 0.15) is 0 Å². The van der Waals surface area contributed by atoms with Gasteiger partial charge in [-0.2, -0.15) is 0 Å². The first-order chi connectivity index (χ1) is 9.51. The summed E-state index contributed by atoms with van der Waals surface area (Å²) in [4.78, 5) is 13.4. The lowest BCUT2D eigenvalue weighted by Gasteiger charge is -2.41. The summed E-state index contributed by atoms with van der Waals surface area (Å²) >= 11 is 0. The van der Waals surface area contributed by atoms with Gasteiger partial charge in [0.25, 0.3) is 0 Å². The molecule has 1 fully saturated rings. The maximum absolute atomic E-state index is 10.9. The molecule has 124 valence electrons. The van der Waals surface area contributed by atoms with E-state index in [-0.39, 0.29) is 12.0 Å². The third-order valence-corrected chi connectivity index (χ3v) is 5.03. The molecule has 1 aliphatic rings. The van der Waals surface area contributed by atoms with Crippen molar-refractivity contribution < 1.29 is 9.90 Å². The highest BCUT2D eigenvalue weighted by Gasteiger charge is 2.33. The summed E-state index contributed by atoms with van der Waals surface area (Å²) in [6, 6.07) is 0.539. The van der Waals surface area contributed by atoms with Crippen LogP contribution < -0.4 is 0 Å². The Morgan fingerprint density at radius 2 is 1.67 bits per heavy atom. The Morgan fingerprint density at radius 3 is 2.14 bits per heavy atom. The van der Waals surface area contributed by atoms with Crippen molar-refractivity contribution in [2.75, 3.05) is 6.54 Å². The normalized spacial score (nSPS) is 24.9. The van der Waals surface area contributed by atoms with Crippen LogP contribution in [0.2, 0.25) is 0 Å². The van der Waals surface area contributed by atoms with E-state index in [1.54, 1.807) is 0 Å². The van der Waals surface area contributed by atoms with Crippen LogP contribution in [0.15, 0.2) is 0 Å². The van der Waals surface area contributed by atoms with Crippen LogP contribution >= 0.6 is 0 Å². The van der Waals surface area contributed by atoms with E-state index in [1.807, 2.05) is 0 Å². The smallest absolute Gasteiger partial charge is 0.304 e. The van der Waals surface area contributed by atoms with Crippen molar-refractivity contribution in [2.45, 2.75) is 91.6 Å². The molecule has 1 N–H and O–H groups in total. The molecule has 2 unspecified atom stereocenters. The van der Waals surface area contributed by atoms with Crippen LogP contribution in [0.4, 0.5) is 0 Å². The van der Waals surface area contributed by atoms with Crippen molar-refractivity contribution in [3.63, 3.8) is 0 Å². The fraction of sp³-hybridized carbons (Fsp3) is 0.944. The summed E-state index contributed by atoms with van der Waals surface area (Å²) in [7, 11) is 0.